The topological polar surface area (TPSA) is 55.7 Å². The molecule has 0 amide bonds. The number of nitrogens with zero attached hydrogens (tertiary/aromatic N) is 1. The molecule has 1 aliphatic heterocycles. The average Bonchev–Trinajstić information content (AvgIpc) is 2.37. The fourth-order valence-corrected chi connectivity index (χ4v) is 2.79. The van der Waals surface area contributed by atoms with E-state index in [0.717, 1.165) is 0 Å². The third-order valence-electron chi connectivity index (χ3n) is 1.89. The molecule has 0 bridgehead atoms. The lowest BCUT2D eigenvalue weighted by Gasteiger charge is -2.01. The molecule has 14 heavy (non-hydrogen) atoms. The lowest BCUT2D eigenvalue weighted by molar-refractivity contribution is 0.414. The standard InChI is InChI=1S/C8H6ClNO3S/c1-13-5-2-3-7-6(4-5)8(9)10-14(7,11)12/h2-4H,1H3. The smallest absolute Gasteiger partial charge is 0.284 e. The van der Waals surface area contributed by atoms with Crippen LogP contribution in [0.2, 0.25) is 0 Å². The molecule has 1 heterocycles. The van der Waals surface area contributed by atoms with Gasteiger partial charge in [0.15, 0.2) is 5.17 Å². The molecule has 1 aromatic rings. The second-order valence-corrected chi connectivity index (χ2v) is 4.65. The van der Waals surface area contributed by atoms with Crippen molar-refractivity contribution < 1.29 is 13.2 Å². The number of rotatable bonds is 1. The molecule has 1 aliphatic rings. The summed E-state index contributed by atoms with van der Waals surface area (Å²) in [5, 5.41) is -0.0149. The predicted octanol–water partition coefficient (Wildman–Crippen LogP) is 1.38. The molecule has 0 atom stereocenters. The Labute approximate surface area is 86.2 Å². The van der Waals surface area contributed by atoms with Crippen LogP contribution in [0.25, 0.3) is 0 Å². The van der Waals surface area contributed by atoms with Gasteiger partial charge in [0.25, 0.3) is 10.0 Å². The second-order valence-electron chi connectivity index (χ2n) is 2.72. The third-order valence-corrected chi connectivity index (χ3v) is 3.61. The Balaban J connectivity index is 2.71. The highest BCUT2D eigenvalue weighted by atomic mass is 35.5. The molecule has 6 heteroatoms. The summed E-state index contributed by atoms with van der Waals surface area (Å²) in [6.45, 7) is 0. The van der Waals surface area contributed by atoms with Gasteiger partial charge in [0.05, 0.1) is 12.0 Å². The van der Waals surface area contributed by atoms with Crippen molar-refractivity contribution >= 4 is 26.8 Å². The molecule has 4 nitrogen and oxygen atoms in total. The normalized spacial score (nSPS) is 17.4. The van der Waals surface area contributed by atoms with Crippen LogP contribution in [-0.2, 0) is 10.0 Å². The van der Waals surface area contributed by atoms with Crippen molar-refractivity contribution in [3.8, 4) is 5.75 Å². The van der Waals surface area contributed by atoms with Crippen molar-refractivity contribution in [3.05, 3.63) is 23.8 Å². The number of benzene rings is 1. The number of hydrogen-bond acceptors (Lipinski definition) is 3. The number of hydrogen-bond donors (Lipinski definition) is 0. The predicted molar refractivity (Wildman–Crippen MR) is 52.6 cm³/mol. The van der Waals surface area contributed by atoms with Crippen LogP contribution in [0, 0.1) is 0 Å². The van der Waals surface area contributed by atoms with Gasteiger partial charge in [-0.2, -0.15) is 8.42 Å². The van der Waals surface area contributed by atoms with Gasteiger partial charge >= 0.3 is 0 Å². The summed E-state index contributed by atoms with van der Waals surface area (Å²) in [6.07, 6.45) is 0. The minimum Gasteiger partial charge on any atom is -0.497 e. The molecular formula is C8H6ClNO3S. The highest BCUT2D eigenvalue weighted by Crippen LogP contribution is 2.30. The minimum absolute atomic E-state index is 0.0149. The van der Waals surface area contributed by atoms with E-state index in [0.29, 0.717) is 11.3 Å². The highest BCUT2D eigenvalue weighted by Gasteiger charge is 2.27. The molecule has 0 unspecified atom stereocenters. The molecular weight excluding hydrogens is 226 g/mol. The van der Waals surface area contributed by atoms with E-state index in [4.69, 9.17) is 16.3 Å². The minimum atomic E-state index is -3.58. The van der Waals surface area contributed by atoms with E-state index < -0.39 is 10.0 Å². The Hall–Kier alpha value is -1.07. The van der Waals surface area contributed by atoms with Crippen LogP contribution in [0.3, 0.4) is 0 Å². The van der Waals surface area contributed by atoms with E-state index in [9.17, 15) is 8.42 Å². The fourth-order valence-electron chi connectivity index (χ4n) is 1.23. The highest BCUT2D eigenvalue weighted by molar-refractivity contribution is 7.91. The summed E-state index contributed by atoms with van der Waals surface area (Å²) in [5.41, 5.74) is 0.394. The van der Waals surface area contributed by atoms with Crippen molar-refractivity contribution in [1.82, 2.24) is 0 Å². The molecule has 0 saturated carbocycles. The lowest BCUT2D eigenvalue weighted by Crippen LogP contribution is -1.94. The monoisotopic (exact) mass is 231 g/mol. The largest absolute Gasteiger partial charge is 0.497 e. The van der Waals surface area contributed by atoms with Crippen molar-refractivity contribution in [1.29, 1.82) is 0 Å². The van der Waals surface area contributed by atoms with Crippen molar-refractivity contribution in [2.45, 2.75) is 4.90 Å². The summed E-state index contributed by atoms with van der Waals surface area (Å²) >= 11 is 5.67. The Morgan fingerprint density at radius 3 is 2.79 bits per heavy atom. The van der Waals surface area contributed by atoms with Gasteiger partial charge in [-0.15, -0.1) is 4.40 Å². The van der Waals surface area contributed by atoms with Crippen LogP contribution in [-0.4, -0.2) is 20.7 Å². The Kier molecular flexibility index (Phi) is 2.01. The van der Waals surface area contributed by atoms with Crippen molar-refractivity contribution in [3.63, 3.8) is 0 Å². The summed E-state index contributed by atoms with van der Waals surface area (Å²) in [4.78, 5) is 0.128. The molecule has 0 aromatic heterocycles. The van der Waals surface area contributed by atoms with Crippen LogP contribution >= 0.6 is 11.6 Å². The maximum Gasteiger partial charge on any atom is 0.284 e. The van der Waals surface area contributed by atoms with Crippen molar-refractivity contribution in [2.75, 3.05) is 7.11 Å². The first-order valence-electron chi connectivity index (χ1n) is 3.73. The van der Waals surface area contributed by atoms with Gasteiger partial charge in [0.1, 0.15) is 5.75 Å². The second kappa shape index (κ2) is 2.96. The maximum atomic E-state index is 11.4. The maximum absolute atomic E-state index is 11.4. The molecule has 0 aliphatic carbocycles. The molecule has 2 rings (SSSR count). The number of sulfonamides is 1. The summed E-state index contributed by atoms with van der Waals surface area (Å²) in [7, 11) is -2.08. The Morgan fingerprint density at radius 2 is 2.14 bits per heavy atom. The average molecular weight is 232 g/mol. The van der Waals surface area contributed by atoms with Gasteiger partial charge < -0.3 is 4.74 Å². The summed E-state index contributed by atoms with van der Waals surface area (Å²) < 4.78 is 31.0. The summed E-state index contributed by atoms with van der Waals surface area (Å²) in [6, 6.07) is 4.54. The van der Waals surface area contributed by atoms with Crippen molar-refractivity contribution in [2.24, 2.45) is 4.40 Å². The van der Waals surface area contributed by atoms with Gasteiger partial charge in [0, 0.05) is 5.56 Å². The SMILES string of the molecule is COc1ccc2c(c1)C(Cl)=NS2(=O)=O. The van der Waals surface area contributed by atoms with E-state index in [1.54, 1.807) is 12.1 Å². The molecule has 1 aromatic carbocycles. The molecule has 0 spiro atoms. The number of methoxy groups -OCH3 is 1. The van der Waals surface area contributed by atoms with Gasteiger partial charge in [-0.3, -0.25) is 0 Å². The fraction of sp³-hybridized carbons (Fsp3) is 0.125. The van der Waals surface area contributed by atoms with Gasteiger partial charge in [-0.05, 0) is 18.2 Å². The lowest BCUT2D eigenvalue weighted by atomic mass is 10.2. The van der Waals surface area contributed by atoms with E-state index in [-0.39, 0.29) is 10.1 Å². The molecule has 0 saturated heterocycles. The zero-order valence-electron chi connectivity index (χ0n) is 7.19. The quantitative estimate of drug-likeness (QED) is 0.734. The first-order chi connectivity index (χ1) is 6.54. The van der Waals surface area contributed by atoms with Gasteiger partial charge in [-0.25, -0.2) is 0 Å². The van der Waals surface area contributed by atoms with Gasteiger partial charge in [0.2, 0.25) is 0 Å². The Morgan fingerprint density at radius 1 is 1.43 bits per heavy atom. The first-order valence-corrected chi connectivity index (χ1v) is 5.55. The number of fused-ring (bicyclic) bond motifs is 1. The van der Waals surface area contributed by atoms with E-state index in [2.05, 4.69) is 4.40 Å². The van der Waals surface area contributed by atoms with E-state index in [1.807, 2.05) is 0 Å². The number of halogens is 1. The molecule has 0 N–H and O–H groups in total. The molecule has 0 fully saturated rings. The summed E-state index contributed by atoms with van der Waals surface area (Å²) in [5.74, 6) is 0.550. The number of ether oxygens (including phenoxy) is 1. The zero-order chi connectivity index (χ0) is 10.3. The molecule has 74 valence electrons. The molecule has 0 radical (unpaired) electrons. The Bertz CT molecular complexity index is 521. The third kappa shape index (κ3) is 1.29. The first kappa shape index (κ1) is 9.48. The van der Waals surface area contributed by atoms with Crippen LogP contribution < -0.4 is 4.74 Å². The zero-order valence-corrected chi connectivity index (χ0v) is 8.76. The van der Waals surface area contributed by atoms with E-state index >= 15 is 0 Å². The van der Waals surface area contributed by atoms with Gasteiger partial charge in [-0.1, -0.05) is 11.6 Å². The van der Waals surface area contributed by atoms with Crippen LogP contribution in [0.4, 0.5) is 0 Å². The van der Waals surface area contributed by atoms with Crippen LogP contribution in [0.5, 0.6) is 5.75 Å². The van der Waals surface area contributed by atoms with Crippen LogP contribution in [0.15, 0.2) is 27.5 Å². The van der Waals surface area contributed by atoms with Crippen LogP contribution in [0.1, 0.15) is 5.56 Å². The van der Waals surface area contributed by atoms with E-state index in [1.165, 1.54) is 13.2 Å².